The summed E-state index contributed by atoms with van der Waals surface area (Å²) < 4.78 is 1.98. The third kappa shape index (κ3) is 3.74. The van der Waals surface area contributed by atoms with E-state index >= 15 is 0 Å². The first-order valence-corrected chi connectivity index (χ1v) is 8.28. The van der Waals surface area contributed by atoms with Crippen molar-refractivity contribution in [3.8, 4) is 0 Å². The number of thioether (sulfide) groups is 1. The Kier molecular flexibility index (Phi) is 5.30. The first-order valence-electron chi connectivity index (χ1n) is 7.13. The van der Waals surface area contributed by atoms with Crippen molar-refractivity contribution >= 4 is 11.8 Å². The maximum absolute atomic E-state index is 4.49. The van der Waals surface area contributed by atoms with E-state index in [4.69, 9.17) is 0 Å². The zero-order chi connectivity index (χ0) is 13.8. The van der Waals surface area contributed by atoms with E-state index in [9.17, 15) is 0 Å². The van der Waals surface area contributed by atoms with Crippen molar-refractivity contribution in [1.29, 1.82) is 0 Å². The molecule has 0 bridgehead atoms. The summed E-state index contributed by atoms with van der Waals surface area (Å²) >= 11 is 2.07. The predicted molar refractivity (Wildman–Crippen MR) is 82.9 cm³/mol. The van der Waals surface area contributed by atoms with Crippen molar-refractivity contribution in [2.24, 2.45) is 7.05 Å². The molecule has 0 spiro atoms. The molecule has 1 aliphatic heterocycles. The van der Waals surface area contributed by atoms with E-state index in [1.807, 2.05) is 11.7 Å². The summed E-state index contributed by atoms with van der Waals surface area (Å²) in [5.74, 6) is 2.58. The van der Waals surface area contributed by atoms with Gasteiger partial charge in [0.2, 0.25) is 0 Å². The van der Waals surface area contributed by atoms with Crippen LogP contribution in [0.25, 0.3) is 0 Å². The Morgan fingerprint density at radius 3 is 2.58 bits per heavy atom. The van der Waals surface area contributed by atoms with Crippen molar-refractivity contribution in [2.45, 2.75) is 26.8 Å². The lowest BCUT2D eigenvalue weighted by atomic mass is 10.1. The van der Waals surface area contributed by atoms with Crippen molar-refractivity contribution < 1.29 is 0 Å². The van der Waals surface area contributed by atoms with Gasteiger partial charge in [-0.25, -0.2) is 0 Å². The van der Waals surface area contributed by atoms with Crippen LogP contribution in [0, 0.1) is 13.8 Å². The molecule has 1 saturated heterocycles. The van der Waals surface area contributed by atoms with Gasteiger partial charge in [-0.2, -0.15) is 16.9 Å². The summed E-state index contributed by atoms with van der Waals surface area (Å²) in [6.07, 6.45) is 0. The second kappa shape index (κ2) is 6.77. The molecule has 4 nitrogen and oxygen atoms in total. The topological polar surface area (TPSA) is 33.1 Å². The van der Waals surface area contributed by atoms with E-state index in [-0.39, 0.29) is 0 Å². The normalized spacial score (nSPS) is 18.7. The Morgan fingerprint density at radius 2 is 2.00 bits per heavy atom. The minimum Gasteiger partial charge on any atom is -0.309 e. The highest BCUT2D eigenvalue weighted by atomic mass is 32.2. The third-order valence-electron chi connectivity index (χ3n) is 3.98. The van der Waals surface area contributed by atoms with E-state index in [1.54, 1.807) is 0 Å². The molecule has 19 heavy (non-hydrogen) atoms. The van der Waals surface area contributed by atoms with Crippen molar-refractivity contribution in [2.75, 3.05) is 37.7 Å². The van der Waals surface area contributed by atoms with Crippen molar-refractivity contribution in [1.82, 2.24) is 20.0 Å². The van der Waals surface area contributed by atoms with Crippen LogP contribution in [0.4, 0.5) is 0 Å². The van der Waals surface area contributed by atoms with Gasteiger partial charge in [0.1, 0.15) is 0 Å². The van der Waals surface area contributed by atoms with Gasteiger partial charge in [-0.1, -0.05) is 0 Å². The molecule has 1 aromatic rings. The summed E-state index contributed by atoms with van der Waals surface area (Å²) in [6.45, 7) is 11.2. The Hall–Kier alpha value is -0.520. The highest BCUT2D eigenvalue weighted by molar-refractivity contribution is 7.99. The molecule has 5 heteroatoms. The molecule has 0 aromatic carbocycles. The van der Waals surface area contributed by atoms with Crippen LogP contribution < -0.4 is 5.32 Å². The summed E-state index contributed by atoms with van der Waals surface area (Å²) in [5, 5.41) is 8.13. The van der Waals surface area contributed by atoms with Gasteiger partial charge >= 0.3 is 0 Å². The molecule has 108 valence electrons. The van der Waals surface area contributed by atoms with Gasteiger partial charge in [-0.05, 0) is 20.8 Å². The smallest absolute Gasteiger partial charge is 0.0644 e. The predicted octanol–water partition coefficient (Wildman–Crippen LogP) is 1.74. The van der Waals surface area contributed by atoms with Crippen molar-refractivity contribution in [3.63, 3.8) is 0 Å². The SMILES string of the molecule is Cc1nn(C)c(C)c1C(C)NCCN1CCSCC1. The molecular formula is C14H26N4S. The summed E-state index contributed by atoms with van der Waals surface area (Å²) in [6, 6.07) is 0.382. The van der Waals surface area contributed by atoms with Crippen LogP contribution in [0.5, 0.6) is 0 Å². The van der Waals surface area contributed by atoms with E-state index in [0.717, 1.165) is 18.8 Å². The second-order valence-corrected chi connectivity index (χ2v) is 6.56. The maximum atomic E-state index is 4.49. The number of nitrogens with one attached hydrogen (secondary N) is 1. The van der Waals surface area contributed by atoms with E-state index in [1.165, 1.54) is 35.9 Å². The monoisotopic (exact) mass is 282 g/mol. The molecule has 0 radical (unpaired) electrons. The lowest BCUT2D eigenvalue weighted by Crippen LogP contribution is -2.38. The number of nitrogens with zero attached hydrogens (tertiary/aromatic N) is 3. The fourth-order valence-corrected chi connectivity index (χ4v) is 3.76. The number of hydrogen-bond donors (Lipinski definition) is 1. The molecule has 0 amide bonds. The van der Waals surface area contributed by atoms with Crippen LogP contribution in [-0.2, 0) is 7.05 Å². The minimum absolute atomic E-state index is 0.382. The average Bonchev–Trinajstić information content (AvgIpc) is 2.64. The van der Waals surface area contributed by atoms with Gasteiger partial charge in [0, 0.05) is 62.0 Å². The molecule has 1 aromatic heterocycles. The van der Waals surface area contributed by atoms with Crippen LogP contribution in [-0.4, -0.2) is 52.4 Å². The maximum Gasteiger partial charge on any atom is 0.0644 e. The molecule has 1 aliphatic rings. The zero-order valence-electron chi connectivity index (χ0n) is 12.6. The van der Waals surface area contributed by atoms with Gasteiger partial charge in [0.15, 0.2) is 0 Å². The van der Waals surface area contributed by atoms with E-state index in [2.05, 4.69) is 47.8 Å². The quantitative estimate of drug-likeness (QED) is 0.892. The largest absolute Gasteiger partial charge is 0.309 e. The van der Waals surface area contributed by atoms with E-state index in [0.29, 0.717) is 6.04 Å². The summed E-state index contributed by atoms with van der Waals surface area (Å²) in [4.78, 5) is 2.55. The Morgan fingerprint density at radius 1 is 1.32 bits per heavy atom. The van der Waals surface area contributed by atoms with Crippen LogP contribution in [0.2, 0.25) is 0 Å². The highest BCUT2D eigenvalue weighted by Crippen LogP contribution is 2.20. The Balaban J connectivity index is 1.82. The molecule has 0 aliphatic carbocycles. The number of aryl methyl sites for hydroxylation is 2. The minimum atomic E-state index is 0.382. The molecule has 2 heterocycles. The first kappa shape index (κ1) is 14.9. The number of hydrogen-bond acceptors (Lipinski definition) is 4. The Bertz CT molecular complexity index is 410. The fourth-order valence-electron chi connectivity index (χ4n) is 2.78. The number of rotatable bonds is 5. The van der Waals surface area contributed by atoms with Crippen molar-refractivity contribution in [3.05, 3.63) is 17.0 Å². The molecule has 1 unspecified atom stereocenters. The van der Waals surface area contributed by atoms with Crippen LogP contribution in [0.15, 0.2) is 0 Å². The van der Waals surface area contributed by atoms with Crippen LogP contribution in [0.3, 0.4) is 0 Å². The zero-order valence-corrected chi connectivity index (χ0v) is 13.4. The second-order valence-electron chi connectivity index (χ2n) is 5.34. The highest BCUT2D eigenvalue weighted by Gasteiger charge is 2.16. The molecule has 2 rings (SSSR count). The fraction of sp³-hybridized carbons (Fsp3) is 0.786. The average molecular weight is 282 g/mol. The van der Waals surface area contributed by atoms with Crippen LogP contribution >= 0.6 is 11.8 Å². The molecule has 1 atom stereocenters. The summed E-state index contributed by atoms with van der Waals surface area (Å²) in [7, 11) is 2.02. The van der Waals surface area contributed by atoms with Gasteiger partial charge in [-0.15, -0.1) is 0 Å². The molecule has 1 N–H and O–H groups in total. The number of aromatic nitrogens is 2. The van der Waals surface area contributed by atoms with E-state index < -0.39 is 0 Å². The Labute approximate surface area is 120 Å². The lowest BCUT2D eigenvalue weighted by Gasteiger charge is -2.27. The molecular weight excluding hydrogens is 256 g/mol. The summed E-state index contributed by atoms with van der Waals surface area (Å²) in [5.41, 5.74) is 3.78. The third-order valence-corrected chi connectivity index (χ3v) is 4.92. The first-order chi connectivity index (χ1) is 9.09. The van der Waals surface area contributed by atoms with Gasteiger partial charge in [0.05, 0.1) is 5.69 Å². The molecule has 0 saturated carbocycles. The van der Waals surface area contributed by atoms with Gasteiger partial charge in [-0.3, -0.25) is 4.68 Å². The van der Waals surface area contributed by atoms with Gasteiger partial charge in [0.25, 0.3) is 0 Å². The van der Waals surface area contributed by atoms with Crippen LogP contribution in [0.1, 0.15) is 29.9 Å². The molecule has 1 fully saturated rings. The lowest BCUT2D eigenvalue weighted by molar-refractivity contribution is 0.296. The standard InChI is InChI=1S/C14H26N4S/c1-11(14-12(2)16-17(4)13(14)3)15-5-6-18-7-9-19-10-8-18/h11,15H,5-10H2,1-4H3. The van der Waals surface area contributed by atoms with Gasteiger partial charge < -0.3 is 10.2 Å².